The quantitative estimate of drug-likeness (QED) is 0.709. The van der Waals surface area contributed by atoms with Gasteiger partial charge in [-0.1, -0.05) is 23.5 Å². The molecule has 1 aromatic carbocycles. The molecule has 0 unspecified atom stereocenters. The first kappa shape index (κ1) is 16.1. The fourth-order valence-corrected chi connectivity index (χ4v) is 4.41. The molecular formula is C18H21N5OS. The van der Waals surface area contributed by atoms with Crippen molar-refractivity contribution in [3.63, 3.8) is 0 Å². The van der Waals surface area contributed by atoms with Crippen molar-refractivity contribution in [1.29, 1.82) is 0 Å². The standard InChI is InChI=1S/C18H21N5OS/c1-12-5-4-6-14-15(12)20-18(25-14)23-9-7-22(8-10-23)17(24)16-13(2)11-19-21(16)3/h4-6,11H,7-10H2,1-3H3. The van der Waals surface area contributed by atoms with Gasteiger partial charge >= 0.3 is 0 Å². The van der Waals surface area contributed by atoms with Gasteiger partial charge < -0.3 is 9.80 Å². The predicted molar refractivity (Wildman–Crippen MR) is 100 cm³/mol. The Kier molecular flexibility index (Phi) is 3.95. The van der Waals surface area contributed by atoms with E-state index in [1.165, 1.54) is 10.3 Å². The molecule has 0 atom stereocenters. The van der Waals surface area contributed by atoms with Gasteiger partial charge in [-0.3, -0.25) is 9.48 Å². The van der Waals surface area contributed by atoms with E-state index in [9.17, 15) is 4.79 Å². The third kappa shape index (κ3) is 2.78. The van der Waals surface area contributed by atoms with Gasteiger partial charge in [0, 0.05) is 33.2 Å². The van der Waals surface area contributed by atoms with Crippen LogP contribution in [0.2, 0.25) is 0 Å². The molecule has 4 rings (SSSR count). The molecule has 2 aromatic heterocycles. The monoisotopic (exact) mass is 355 g/mol. The lowest BCUT2D eigenvalue weighted by Crippen LogP contribution is -2.49. The van der Waals surface area contributed by atoms with Crippen LogP contribution in [0.4, 0.5) is 5.13 Å². The molecule has 6 nitrogen and oxygen atoms in total. The number of carbonyl (C=O) groups is 1. The highest BCUT2D eigenvalue weighted by Crippen LogP contribution is 2.31. The first-order chi connectivity index (χ1) is 12.0. The number of aryl methyl sites for hydroxylation is 3. The molecule has 0 aliphatic carbocycles. The number of anilines is 1. The molecule has 1 fully saturated rings. The number of carbonyl (C=O) groups excluding carboxylic acids is 1. The fraction of sp³-hybridized carbons (Fsp3) is 0.389. The van der Waals surface area contributed by atoms with Gasteiger partial charge in [0.1, 0.15) is 5.69 Å². The van der Waals surface area contributed by atoms with Crippen molar-refractivity contribution in [2.45, 2.75) is 13.8 Å². The molecule has 25 heavy (non-hydrogen) atoms. The third-order valence-electron chi connectivity index (χ3n) is 4.77. The SMILES string of the molecule is Cc1cnn(C)c1C(=O)N1CCN(c2nc3c(C)cccc3s2)CC1. The van der Waals surface area contributed by atoms with E-state index >= 15 is 0 Å². The highest BCUT2D eigenvalue weighted by Gasteiger charge is 2.26. The second kappa shape index (κ2) is 6.15. The van der Waals surface area contributed by atoms with Crippen molar-refractivity contribution < 1.29 is 4.79 Å². The Morgan fingerprint density at radius 1 is 1.12 bits per heavy atom. The normalized spacial score (nSPS) is 15.2. The second-order valence-electron chi connectivity index (χ2n) is 6.50. The summed E-state index contributed by atoms with van der Waals surface area (Å²) in [4.78, 5) is 21.8. The zero-order chi connectivity index (χ0) is 17.6. The molecule has 1 aliphatic rings. The van der Waals surface area contributed by atoms with E-state index in [0.29, 0.717) is 18.8 Å². The van der Waals surface area contributed by atoms with E-state index in [2.05, 4.69) is 35.1 Å². The lowest BCUT2D eigenvalue weighted by Gasteiger charge is -2.34. The number of aromatic nitrogens is 3. The van der Waals surface area contributed by atoms with E-state index in [-0.39, 0.29) is 5.91 Å². The Balaban J connectivity index is 1.49. The molecule has 0 N–H and O–H groups in total. The van der Waals surface area contributed by atoms with Gasteiger partial charge in [0.15, 0.2) is 5.13 Å². The van der Waals surface area contributed by atoms with Crippen molar-refractivity contribution in [3.05, 3.63) is 41.2 Å². The average molecular weight is 355 g/mol. The maximum Gasteiger partial charge on any atom is 0.272 e. The Labute approximate surface area is 150 Å². The van der Waals surface area contributed by atoms with Crippen molar-refractivity contribution in [2.75, 3.05) is 31.1 Å². The molecule has 1 aliphatic heterocycles. The number of fused-ring (bicyclic) bond motifs is 1. The average Bonchev–Trinajstić information content (AvgIpc) is 3.19. The van der Waals surface area contributed by atoms with Crippen LogP contribution in [0.5, 0.6) is 0 Å². The number of para-hydroxylation sites is 1. The Bertz CT molecular complexity index is 917. The summed E-state index contributed by atoms with van der Waals surface area (Å²) in [6, 6.07) is 6.29. The minimum atomic E-state index is 0.0669. The minimum Gasteiger partial charge on any atom is -0.345 e. The van der Waals surface area contributed by atoms with Crippen LogP contribution in [0, 0.1) is 13.8 Å². The van der Waals surface area contributed by atoms with Crippen LogP contribution in [0.1, 0.15) is 21.6 Å². The molecule has 1 saturated heterocycles. The van der Waals surface area contributed by atoms with Gasteiger partial charge in [-0.15, -0.1) is 0 Å². The zero-order valence-electron chi connectivity index (χ0n) is 14.7. The highest BCUT2D eigenvalue weighted by atomic mass is 32.1. The van der Waals surface area contributed by atoms with Crippen LogP contribution in [0.15, 0.2) is 24.4 Å². The minimum absolute atomic E-state index is 0.0669. The number of hydrogen-bond donors (Lipinski definition) is 0. The van der Waals surface area contributed by atoms with E-state index in [4.69, 9.17) is 4.98 Å². The van der Waals surface area contributed by atoms with Crippen molar-refractivity contribution >= 4 is 32.6 Å². The maximum absolute atomic E-state index is 12.8. The maximum atomic E-state index is 12.8. The van der Waals surface area contributed by atoms with Crippen molar-refractivity contribution in [1.82, 2.24) is 19.7 Å². The number of benzene rings is 1. The molecule has 0 bridgehead atoms. The van der Waals surface area contributed by atoms with E-state index in [1.54, 1.807) is 22.2 Å². The van der Waals surface area contributed by atoms with Gasteiger partial charge in [0.2, 0.25) is 0 Å². The molecule has 1 amide bonds. The third-order valence-corrected chi connectivity index (χ3v) is 5.85. The molecular weight excluding hydrogens is 334 g/mol. The van der Waals surface area contributed by atoms with Crippen molar-refractivity contribution in [3.8, 4) is 0 Å². The Hall–Kier alpha value is -2.41. The number of amides is 1. The molecule has 0 spiro atoms. The molecule has 3 heterocycles. The first-order valence-corrected chi connectivity index (χ1v) is 9.25. The number of rotatable bonds is 2. The van der Waals surface area contributed by atoms with Crippen LogP contribution < -0.4 is 4.90 Å². The van der Waals surface area contributed by atoms with Gasteiger partial charge in [-0.25, -0.2) is 4.98 Å². The van der Waals surface area contributed by atoms with Crippen LogP contribution in [-0.4, -0.2) is 51.8 Å². The van der Waals surface area contributed by atoms with Crippen LogP contribution in [0.25, 0.3) is 10.2 Å². The zero-order valence-corrected chi connectivity index (χ0v) is 15.5. The van der Waals surface area contributed by atoms with Crippen LogP contribution >= 0.6 is 11.3 Å². The summed E-state index contributed by atoms with van der Waals surface area (Å²) in [5.74, 6) is 0.0669. The molecule has 0 radical (unpaired) electrons. The molecule has 130 valence electrons. The summed E-state index contributed by atoms with van der Waals surface area (Å²) in [5.41, 5.74) is 3.91. The van der Waals surface area contributed by atoms with Crippen LogP contribution in [0.3, 0.4) is 0 Å². The first-order valence-electron chi connectivity index (χ1n) is 8.43. The van der Waals surface area contributed by atoms with Gasteiger partial charge in [0.05, 0.1) is 16.4 Å². The Morgan fingerprint density at radius 3 is 2.52 bits per heavy atom. The summed E-state index contributed by atoms with van der Waals surface area (Å²) >= 11 is 1.73. The van der Waals surface area contributed by atoms with E-state index in [1.807, 2.05) is 18.9 Å². The molecule has 3 aromatic rings. The largest absolute Gasteiger partial charge is 0.345 e. The molecule has 7 heteroatoms. The van der Waals surface area contributed by atoms with Gasteiger partial charge in [-0.2, -0.15) is 5.10 Å². The summed E-state index contributed by atoms with van der Waals surface area (Å²) in [7, 11) is 1.82. The number of piperazine rings is 1. The van der Waals surface area contributed by atoms with Gasteiger partial charge in [-0.05, 0) is 31.0 Å². The van der Waals surface area contributed by atoms with Crippen molar-refractivity contribution in [2.24, 2.45) is 7.05 Å². The predicted octanol–water partition coefficient (Wildman–Crippen LogP) is 2.61. The van der Waals surface area contributed by atoms with E-state index < -0.39 is 0 Å². The van der Waals surface area contributed by atoms with Crippen LogP contribution in [-0.2, 0) is 7.05 Å². The Morgan fingerprint density at radius 2 is 1.88 bits per heavy atom. The summed E-state index contributed by atoms with van der Waals surface area (Å²) in [5, 5.41) is 5.23. The number of thiazole rings is 1. The summed E-state index contributed by atoms with van der Waals surface area (Å²) in [6.45, 7) is 7.05. The second-order valence-corrected chi connectivity index (χ2v) is 7.51. The van der Waals surface area contributed by atoms with Gasteiger partial charge in [0.25, 0.3) is 5.91 Å². The number of hydrogen-bond acceptors (Lipinski definition) is 5. The number of nitrogens with zero attached hydrogens (tertiary/aromatic N) is 5. The lowest BCUT2D eigenvalue weighted by molar-refractivity contribution is 0.0735. The highest BCUT2D eigenvalue weighted by molar-refractivity contribution is 7.22. The topological polar surface area (TPSA) is 54.3 Å². The lowest BCUT2D eigenvalue weighted by atomic mass is 10.2. The van der Waals surface area contributed by atoms with E-state index in [0.717, 1.165) is 29.3 Å². The smallest absolute Gasteiger partial charge is 0.272 e. The molecule has 0 saturated carbocycles. The summed E-state index contributed by atoms with van der Waals surface area (Å²) in [6.07, 6.45) is 1.74. The summed E-state index contributed by atoms with van der Waals surface area (Å²) < 4.78 is 2.89. The fourth-order valence-electron chi connectivity index (χ4n) is 3.31.